The van der Waals surface area contributed by atoms with Crippen LogP contribution in [-0.4, -0.2) is 30.3 Å². The van der Waals surface area contributed by atoms with E-state index in [9.17, 15) is 4.79 Å². The second-order valence-electron chi connectivity index (χ2n) is 5.17. The van der Waals surface area contributed by atoms with Crippen LogP contribution in [0.4, 0.5) is 0 Å². The molecule has 0 aromatic rings. The molecular weight excluding hydrogens is 248 g/mol. The zero-order valence-corrected chi connectivity index (χ0v) is 11.6. The molecule has 0 spiro atoms. The van der Waals surface area contributed by atoms with Gasteiger partial charge in [-0.05, 0) is 37.9 Å². The highest BCUT2D eigenvalue weighted by Crippen LogP contribution is 2.23. The molecule has 5 heteroatoms. The highest BCUT2D eigenvalue weighted by Gasteiger charge is 2.22. The van der Waals surface area contributed by atoms with E-state index in [1.54, 1.807) is 0 Å². The Bertz CT molecular complexity index is 297. The molecule has 0 unspecified atom stereocenters. The molecule has 1 aliphatic carbocycles. The van der Waals surface area contributed by atoms with Crippen LogP contribution in [0.25, 0.3) is 0 Å². The fourth-order valence-corrected chi connectivity index (χ4v) is 2.82. The van der Waals surface area contributed by atoms with Crippen LogP contribution < -0.4 is 10.6 Å². The van der Waals surface area contributed by atoms with Crippen LogP contribution in [0.1, 0.15) is 44.9 Å². The first-order chi connectivity index (χ1) is 8.75. The summed E-state index contributed by atoms with van der Waals surface area (Å²) in [5.74, 6) is 0.237. The number of carbonyl (C=O) groups excluding carboxylic acids is 1. The van der Waals surface area contributed by atoms with Crippen LogP contribution in [0, 0.1) is 5.92 Å². The summed E-state index contributed by atoms with van der Waals surface area (Å²) < 4.78 is 5.49. The third-order valence-corrected chi connectivity index (χ3v) is 3.97. The van der Waals surface area contributed by atoms with Gasteiger partial charge in [-0.15, -0.1) is 0 Å². The zero-order chi connectivity index (χ0) is 12.8. The van der Waals surface area contributed by atoms with E-state index in [0.29, 0.717) is 11.7 Å². The van der Waals surface area contributed by atoms with Gasteiger partial charge >= 0.3 is 0 Å². The summed E-state index contributed by atoms with van der Waals surface area (Å²) in [6, 6.07) is 0. The van der Waals surface area contributed by atoms with Crippen molar-refractivity contribution < 1.29 is 9.53 Å². The SMILES string of the molecule is O=C(NC(=S)NC[C@@H]1CCCO1)C1CCCCC1. The number of hydrogen-bond acceptors (Lipinski definition) is 3. The van der Waals surface area contributed by atoms with Crippen LogP contribution in [0.2, 0.25) is 0 Å². The normalized spacial score (nSPS) is 24.8. The minimum Gasteiger partial charge on any atom is -0.376 e. The average Bonchev–Trinajstić information content (AvgIpc) is 2.90. The van der Waals surface area contributed by atoms with E-state index < -0.39 is 0 Å². The lowest BCUT2D eigenvalue weighted by molar-refractivity contribution is -0.124. The zero-order valence-electron chi connectivity index (χ0n) is 10.7. The number of amides is 1. The molecular formula is C13H22N2O2S. The molecule has 0 bridgehead atoms. The number of ether oxygens (including phenoxy) is 1. The minimum absolute atomic E-state index is 0.0829. The van der Waals surface area contributed by atoms with E-state index in [4.69, 9.17) is 17.0 Å². The summed E-state index contributed by atoms with van der Waals surface area (Å²) in [7, 11) is 0. The maximum absolute atomic E-state index is 11.9. The molecule has 1 saturated carbocycles. The van der Waals surface area contributed by atoms with Crippen LogP contribution >= 0.6 is 12.2 Å². The molecule has 1 saturated heterocycles. The van der Waals surface area contributed by atoms with Gasteiger partial charge in [0.15, 0.2) is 5.11 Å². The van der Waals surface area contributed by atoms with Crippen molar-refractivity contribution in [1.82, 2.24) is 10.6 Å². The first-order valence-electron chi connectivity index (χ1n) is 6.96. The topological polar surface area (TPSA) is 50.4 Å². The van der Waals surface area contributed by atoms with Gasteiger partial charge in [-0.2, -0.15) is 0 Å². The standard InChI is InChI=1S/C13H22N2O2S/c16-12(10-5-2-1-3-6-10)15-13(18)14-9-11-7-4-8-17-11/h10-11H,1-9H2,(H2,14,15,16,18)/t11-/m0/s1. The number of nitrogens with one attached hydrogen (secondary N) is 2. The Morgan fingerprint density at radius 1 is 1.17 bits per heavy atom. The average molecular weight is 270 g/mol. The van der Waals surface area contributed by atoms with Gasteiger partial charge in [0.2, 0.25) is 5.91 Å². The molecule has 1 aliphatic heterocycles. The number of rotatable bonds is 3. The Labute approximate surface area is 114 Å². The third-order valence-electron chi connectivity index (χ3n) is 3.73. The molecule has 2 N–H and O–H groups in total. The second kappa shape index (κ2) is 7.04. The van der Waals surface area contributed by atoms with Crippen LogP contribution in [0.15, 0.2) is 0 Å². The molecule has 1 heterocycles. The van der Waals surface area contributed by atoms with Crippen LogP contribution in [0.3, 0.4) is 0 Å². The van der Waals surface area contributed by atoms with E-state index in [0.717, 1.165) is 45.1 Å². The summed E-state index contributed by atoms with van der Waals surface area (Å²) in [6.45, 7) is 1.54. The largest absolute Gasteiger partial charge is 0.376 e. The van der Waals surface area contributed by atoms with Crippen molar-refractivity contribution in [2.45, 2.75) is 51.0 Å². The van der Waals surface area contributed by atoms with Crippen molar-refractivity contribution in [2.24, 2.45) is 5.92 Å². The fourth-order valence-electron chi connectivity index (χ4n) is 2.63. The van der Waals surface area contributed by atoms with Crippen LogP contribution in [0.5, 0.6) is 0 Å². The molecule has 1 atom stereocenters. The first-order valence-corrected chi connectivity index (χ1v) is 7.37. The van der Waals surface area contributed by atoms with Gasteiger partial charge in [0, 0.05) is 19.1 Å². The lowest BCUT2D eigenvalue weighted by atomic mass is 9.89. The molecule has 102 valence electrons. The van der Waals surface area contributed by atoms with E-state index >= 15 is 0 Å². The Hall–Kier alpha value is -0.680. The predicted molar refractivity (Wildman–Crippen MR) is 74.3 cm³/mol. The van der Waals surface area contributed by atoms with Crippen molar-refractivity contribution in [3.63, 3.8) is 0 Å². The summed E-state index contributed by atoms with van der Waals surface area (Å²) in [5.41, 5.74) is 0. The summed E-state index contributed by atoms with van der Waals surface area (Å²) in [5, 5.41) is 6.31. The molecule has 2 aliphatic rings. The Morgan fingerprint density at radius 3 is 2.61 bits per heavy atom. The summed E-state index contributed by atoms with van der Waals surface area (Å²) >= 11 is 5.14. The van der Waals surface area contributed by atoms with Gasteiger partial charge in [-0.1, -0.05) is 19.3 Å². The first kappa shape index (κ1) is 13.7. The molecule has 4 nitrogen and oxygen atoms in total. The van der Waals surface area contributed by atoms with Crippen molar-refractivity contribution in [3.8, 4) is 0 Å². The molecule has 0 aromatic carbocycles. The monoisotopic (exact) mass is 270 g/mol. The lowest BCUT2D eigenvalue weighted by Crippen LogP contribution is -2.44. The maximum atomic E-state index is 11.9. The van der Waals surface area contributed by atoms with E-state index in [-0.39, 0.29) is 17.9 Å². The Balaban J connectivity index is 1.64. The molecule has 2 rings (SSSR count). The molecule has 1 amide bonds. The third kappa shape index (κ3) is 4.21. The number of hydrogen-bond donors (Lipinski definition) is 2. The molecule has 0 radical (unpaired) electrons. The minimum atomic E-state index is 0.0829. The summed E-state index contributed by atoms with van der Waals surface area (Å²) in [4.78, 5) is 11.9. The molecule has 18 heavy (non-hydrogen) atoms. The van der Waals surface area contributed by atoms with Crippen molar-refractivity contribution in [3.05, 3.63) is 0 Å². The van der Waals surface area contributed by atoms with E-state index in [1.165, 1.54) is 6.42 Å². The van der Waals surface area contributed by atoms with Crippen molar-refractivity contribution in [1.29, 1.82) is 0 Å². The molecule has 0 aromatic heterocycles. The number of carbonyl (C=O) groups is 1. The lowest BCUT2D eigenvalue weighted by Gasteiger charge is -2.21. The van der Waals surface area contributed by atoms with Gasteiger partial charge in [-0.25, -0.2) is 0 Å². The van der Waals surface area contributed by atoms with Gasteiger partial charge in [0.25, 0.3) is 0 Å². The van der Waals surface area contributed by atoms with Crippen LogP contribution in [-0.2, 0) is 9.53 Å². The van der Waals surface area contributed by atoms with E-state index in [2.05, 4.69) is 10.6 Å². The second-order valence-corrected chi connectivity index (χ2v) is 5.58. The Morgan fingerprint density at radius 2 is 1.94 bits per heavy atom. The Kier molecular flexibility index (Phi) is 5.38. The summed E-state index contributed by atoms with van der Waals surface area (Å²) in [6.07, 6.45) is 8.02. The van der Waals surface area contributed by atoms with Crippen molar-refractivity contribution >= 4 is 23.2 Å². The number of thiocarbonyl (C=S) groups is 1. The van der Waals surface area contributed by atoms with Gasteiger partial charge in [0.1, 0.15) is 0 Å². The molecule has 2 fully saturated rings. The smallest absolute Gasteiger partial charge is 0.229 e. The maximum Gasteiger partial charge on any atom is 0.229 e. The van der Waals surface area contributed by atoms with Crippen molar-refractivity contribution in [2.75, 3.05) is 13.2 Å². The van der Waals surface area contributed by atoms with Gasteiger partial charge in [-0.3, -0.25) is 4.79 Å². The highest BCUT2D eigenvalue weighted by atomic mass is 32.1. The predicted octanol–water partition coefficient (Wildman–Crippen LogP) is 1.74. The van der Waals surface area contributed by atoms with Gasteiger partial charge < -0.3 is 15.4 Å². The quantitative estimate of drug-likeness (QED) is 0.767. The van der Waals surface area contributed by atoms with E-state index in [1.807, 2.05) is 0 Å². The van der Waals surface area contributed by atoms with Gasteiger partial charge in [0.05, 0.1) is 6.10 Å². The highest BCUT2D eigenvalue weighted by molar-refractivity contribution is 7.80. The fraction of sp³-hybridized carbons (Fsp3) is 0.846.